The van der Waals surface area contributed by atoms with Gasteiger partial charge in [0, 0.05) is 17.3 Å². The van der Waals surface area contributed by atoms with E-state index in [1.807, 2.05) is 0 Å². The van der Waals surface area contributed by atoms with E-state index in [-0.39, 0.29) is 5.91 Å². The van der Waals surface area contributed by atoms with Crippen LogP contribution in [0.3, 0.4) is 0 Å². The van der Waals surface area contributed by atoms with Crippen molar-refractivity contribution >= 4 is 45.3 Å². The standard InChI is InChI=1S/C13H16N4O2S2/c1-4-8-5-9-11(15-6-16-12(9)21-8)20-7(2)10(18)17-13(19)14-3/h5-7H,4H2,1-3H3,(H2,14,17,18,19)/t7-/m1/s1. The number of nitrogens with zero attached hydrogens (tertiary/aromatic N) is 2. The fourth-order valence-electron chi connectivity index (χ4n) is 1.65. The van der Waals surface area contributed by atoms with Gasteiger partial charge in [0.2, 0.25) is 5.91 Å². The first kappa shape index (κ1) is 15.7. The fraction of sp³-hybridized carbons (Fsp3) is 0.385. The molecule has 3 amide bonds. The number of imide groups is 1. The topological polar surface area (TPSA) is 84.0 Å². The number of thiophene rings is 1. The van der Waals surface area contributed by atoms with Gasteiger partial charge in [0.25, 0.3) is 0 Å². The van der Waals surface area contributed by atoms with Crippen molar-refractivity contribution in [2.24, 2.45) is 0 Å². The van der Waals surface area contributed by atoms with Gasteiger partial charge in [-0.25, -0.2) is 14.8 Å². The number of carbonyl (C=O) groups excluding carboxylic acids is 2. The Labute approximate surface area is 130 Å². The van der Waals surface area contributed by atoms with Gasteiger partial charge in [-0.15, -0.1) is 11.3 Å². The third kappa shape index (κ3) is 3.70. The minimum atomic E-state index is -0.510. The molecular weight excluding hydrogens is 308 g/mol. The minimum absolute atomic E-state index is 0.350. The molecule has 0 radical (unpaired) electrons. The van der Waals surface area contributed by atoms with Gasteiger partial charge in [0.15, 0.2) is 0 Å². The lowest BCUT2D eigenvalue weighted by Gasteiger charge is -2.10. The van der Waals surface area contributed by atoms with Crippen LogP contribution in [0.4, 0.5) is 4.79 Å². The Bertz CT molecular complexity index is 671. The van der Waals surface area contributed by atoms with Crippen LogP contribution in [0.2, 0.25) is 0 Å². The monoisotopic (exact) mass is 324 g/mol. The van der Waals surface area contributed by atoms with Gasteiger partial charge in [-0.05, 0) is 19.4 Å². The summed E-state index contributed by atoms with van der Waals surface area (Å²) in [6.07, 6.45) is 2.45. The van der Waals surface area contributed by atoms with Gasteiger partial charge < -0.3 is 5.32 Å². The Morgan fingerprint density at radius 1 is 1.43 bits per heavy atom. The van der Waals surface area contributed by atoms with Crippen LogP contribution >= 0.6 is 23.1 Å². The molecule has 0 aromatic carbocycles. The van der Waals surface area contributed by atoms with E-state index in [0.717, 1.165) is 21.7 Å². The molecule has 8 heteroatoms. The van der Waals surface area contributed by atoms with Gasteiger partial charge in [0.1, 0.15) is 16.2 Å². The van der Waals surface area contributed by atoms with Crippen LogP contribution in [0.15, 0.2) is 17.4 Å². The summed E-state index contributed by atoms with van der Waals surface area (Å²) >= 11 is 2.95. The molecular formula is C13H16N4O2S2. The normalized spacial score (nSPS) is 12.1. The number of rotatable bonds is 4. The highest BCUT2D eigenvalue weighted by Crippen LogP contribution is 2.32. The van der Waals surface area contributed by atoms with Crippen molar-refractivity contribution in [3.63, 3.8) is 0 Å². The van der Waals surface area contributed by atoms with E-state index < -0.39 is 11.3 Å². The molecule has 0 fully saturated rings. The maximum Gasteiger partial charge on any atom is 0.321 e. The zero-order valence-corrected chi connectivity index (χ0v) is 13.6. The smallest absolute Gasteiger partial charge is 0.321 e. The molecule has 0 aliphatic rings. The Balaban J connectivity index is 2.17. The molecule has 0 aliphatic carbocycles. The van der Waals surface area contributed by atoms with Crippen LogP contribution in [0.5, 0.6) is 0 Å². The molecule has 0 saturated heterocycles. The Morgan fingerprint density at radius 3 is 2.86 bits per heavy atom. The molecule has 2 N–H and O–H groups in total. The predicted molar refractivity (Wildman–Crippen MR) is 84.7 cm³/mol. The van der Waals surface area contributed by atoms with E-state index in [4.69, 9.17) is 0 Å². The van der Waals surface area contributed by atoms with Gasteiger partial charge in [-0.3, -0.25) is 10.1 Å². The largest absolute Gasteiger partial charge is 0.341 e. The van der Waals surface area contributed by atoms with Crippen LogP contribution in [0, 0.1) is 0 Å². The number of thioether (sulfide) groups is 1. The van der Waals surface area contributed by atoms with E-state index in [1.54, 1.807) is 18.3 Å². The number of fused-ring (bicyclic) bond motifs is 1. The van der Waals surface area contributed by atoms with Crippen molar-refractivity contribution in [1.29, 1.82) is 0 Å². The van der Waals surface area contributed by atoms with Crippen molar-refractivity contribution in [1.82, 2.24) is 20.6 Å². The van der Waals surface area contributed by atoms with Gasteiger partial charge >= 0.3 is 6.03 Å². The highest BCUT2D eigenvalue weighted by atomic mass is 32.2. The number of aromatic nitrogens is 2. The van der Waals surface area contributed by atoms with Crippen molar-refractivity contribution in [2.45, 2.75) is 30.5 Å². The lowest BCUT2D eigenvalue weighted by atomic mass is 10.3. The molecule has 0 aliphatic heterocycles. The van der Waals surface area contributed by atoms with E-state index in [9.17, 15) is 9.59 Å². The number of carbonyl (C=O) groups is 2. The van der Waals surface area contributed by atoms with Crippen LogP contribution in [-0.2, 0) is 11.2 Å². The molecule has 0 spiro atoms. The fourth-order valence-corrected chi connectivity index (χ4v) is 3.54. The molecule has 2 aromatic rings. The van der Waals surface area contributed by atoms with Crippen LogP contribution in [0.25, 0.3) is 10.2 Å². The van der Waals surface area contributed by atoms with Crippen molar-refractivity contribution in [3.8, 4) is 0 Å². The average molecular weight is 324 g/mol. The van der Waals surface area contributed by atoms with Crippen LogP contribution in [0.1, 0.15) is 18.7 Å². The Morgan fingerprint density at radius 2 is 2.19 bits per heavy atom. The summed E-state index contributed by atoms with van der Waals surface area (Å²) in [5.74, 6) is -0.350. The van der Waals surface area contributed by atoms with Crippen molar-refractivity contribution < 1.29 is 9.59 Å². The van der Waals surface area contributed by atoms with E-state index in [2.05, 4.69) is 33.6 Å². The highest BCUT2D eigenvalue weighted by Gasteiger charge is 2.19. The summed E-state index contributed by atoms with van der Waals surface area (Å²) in [5, 5.41) is 5.91. The second kappa shape index (κ2) is 6.86. The van der Waals surface area contributed by atoms with E-state index >= 15 is 0 Å². The number of hydrogen-bond acceptors (Lipinski definition) is 6. The quantitative estimate of drug-likeness (QED) is 0.665. The maximum atomic E-state index is 11.9. The summed E-state index contributed by atoms with van der Waals surface area (Å²) in [6.45, 7) is 3.83. The maximum absolute atomic E-state index is 11.9. The number of urea groups is 1. The first-order valence-corrected chi connectivity index (χ1v) is 8.17. The first-order chi connectivity index (χ1) is 10.0. The summed E-state index contributed by atoms with van der Waals surface area (Å²) < 4.78 is 0. The van der Waals surface area contributed by atoms with Crippen molar-refractivity contribution in [2.75, 3.05) is 7.05 Å². The second-order valence-electron chi connectivity index (χ2n) is 4.29. The van der Waals surface area contributed by atoms with Gasteiger partial charge in [0.05, 0.1) is 5.25 Å². The van der Waals surface area contributed by atoms with Crippen molar-refractivity contribution in [3.05, 3.63) is 17.3 Å². The number of amides is 3. The first-order valence-electron chi connectivity index (χ1n) is 6.47. The SMILES string of the molecule is CCc1cc2c(S[C@H](C)C(=O)NC(=O)NC)ncnc2s1. The summed E-state index contributed by atoms with van der Waals surface area (Å²) in [4.78, 5) is 33.7. The molecule has 1 atom stereocenters. The number of nitrogens with one attached hydrogen (secondary N) is 2. The zero-order chi connectivity index (χ0) is 15.4. The summed E-state index contributed by atoms with van der Waals surface area (Å²) in [7, 11) is 1.46. The summed E-state index contributed by atoms with van der Waals surface area (Å²) in [5.41, 5.74) is 0. The van der Waals surface area contributed by atoms with Crippen LogP contribution in [-0.4, -0.2) is 34.2 Å². The minimum Gasteiger partial charge on any atom is -0.341 e. The molecule has 21 heavy (non-hydrogen) atoms. The Kier molecular flexibility index (Phi) is 5.13. The summed E-state index contributed by atoms with van der Waals surface area (Å²) in [6, 6.07) is 1.55. The lowest BCUT2D eigenvalue weighted by molar-refractivity contribution is -0.119. The van der Waals surface area contributed by atoms with Gasteiger partial charge in [-0.1, -0.05) is 18.7 Å². The molecule has 2 heterocycles. The molecule has 2 rings (SSSR count). The predicted octanol–water partition coefficient (Wildman–Crippen LogP) is 2.19. The second-order valence-corrected chi connectivity index (χ2v) is 6.74. The van der Waals surface area contributed by atoms with E-state index in [1.165, 1.54) is 30.0 Å². The van der Waals surface area contributed by atoms with E-state index in [0.29, 0.717) is 0 Å². The molecule has 112 valence electrons. The van der Waals surface area contributed by atoms with Gasteiger partial charge in [-0.2, -0.15) is 0 Å². The number of aryl methyl sites for hydroxylation is 1. The zero-order valence-electron chi connectivity index (χ0n) is 12.0. The third-order valence-corrected chi connectivity index (χ3v) is 5.12. The molecule has 0 saturated carbocycles. The molecule has 6 nitrogen and oxygen atoms in total. The third-order valence-electron chi connectivity index (χ3n) is 2.81. The average Bonchev–Trinajstić information content (AvgIpc) is 2.91. The molecule has 0 bridgehead atoms. The lowest BCUT2D eigenvalue weighted by Crippen LogP contribution is -2.41. The van der Waals surface area contributed by atoms with Crippen LogP contribution < -0.4 is 10.6 Å². The Hall–Kier alpha value is -1.67. The highest BCUT2D eigenvalue weighted by molar-refractivity contribution is 8.00. The molecule has 0 unspecified atom stereocenters. The molecule has 2 aromatic heterocycles. The number of hydrogen-bond donors (Lipinski definition) is 2.